The van der Waals surface area contributed by atoms with Gasteiger partial charge in [0.15, 0.2) is 0 Å². The molecule has 0 aromatic rings. The molecule has 0 aliphatic heterocycles. The molecule has 4 N–H and O–H groups in total. The Morgan fingerprint density at radius 2 is 1.75 bits per heavy atom. The number of nitrogens with two attached hydrogens (primary N) is 1. The molecule has 12 heavy (non-hydrogen) atoms. The Hall–Kier alpha value is -0.810. The summed E-state index contributed by atoms with van der Waals surface area (Å²) in [5.74, 6) is 4.19. The van der Waals surface area contributed by atoms with Gasteiger partial charge in [0.25, 0.3) is 5.91 Å². The predicted octanol–water partition coefficient (Wildman–Crippen LogP) is -0.687. The molecule has 0 rings (SSSR count). The summed E-state index contributed by atoms with van der Waals surface area (Å²) in [6, 6.07) is 0. The van der Waals surface area contributed by atoms with Crippen LogP contribution >= 0.6 is 12.4 Å². The normalized spacial score (nSPS) is 9.67. The summed E-state index contributed by atoms with van der Waals surface area (Å²) in [4.78, 5) is 21.5. The summed E-state index contributed by atoms with van der Waals surface area (Å²) in [6.07, 6.45) is 0. The molecule has 0 saturated heterocycles. The molecule has 0 aliphatic carbocycles. The fraction of sp³-hybridized carbons (Fsp3) is 0.667. The van der Waals surface area contributed by atoms with Crippen LogP contribution in [0.4, 0.5) is 0 Å². The van der Waals surface area contributed by atoms with Crippen molar-refractivity contribution in [1.29, 1.82) is 0 Å². The van der Waals surface area contributed by atoms with Gasteiger partial charge in [-0.3, -0.25) is 15.0 Å². The summed E-state index contributed by atoms with van der Waals surface area (Å²) in [6.45, 7) is 4.47. The third kappa shape index (κ3) is 4.15. The zero-order valence-corrected chi connectivity index (χ0v) is 8.12. The number of amides is 2. The van der Waals surface area contributed by atoms with E-state index in [1.54, 1.807) is 13.8 Å². The van der Waals surface area contributed by atoms with Gasteiger partial charge in [0.2, 0.25) is 5.91 Å². The minimum Gasteiger partial charge on any atom is -0.342 e. The van der Waals surface area contributed by atoms with E-state index in [2.05, 4.69) is 5.32 Å². The van der Waals surface area contributed by atoms with E-state index >= 15 is 0 Å². The lowest BCUT2D eigenvalue weighted by Gasteiger charge is -2.22. The third-order valence-corrected chi connectivity index (χ3v) is 1.19. The Morgan fingerprint density at radius 3 is 2.00 bits per heavy atom. The van der Waals surface area contributed by atoms with Crippen LogP contribution in [0, 0.1) is 0 Å². The lowest BCUT2D eigenvalue weighted by atomic mass is 10.1. The van der Waals surface area contributed by atoms with Gasteiger partial charge in [-0.2, -0.15) is 0 Å². The summed E-state index contributed by atoms with van der Waals surface area (Å²) >= 11 is 0. The van der Waals surface area contributed by atoms with Gasteiger partial charge in [0, 0.05) is 6.92 Å². The molecule has 0 unspecified atom stereocenters. The van der Waals surface area contributed by atoms with Crippen molar-refractivity contribution in [3.8, 4) is 0 Å². The van der Waals surface area contributed by atoms with Gasteiger partial charge in [-0.25, -0.2) is 5.84 Å². The second-order valence-corrected chi connectivity index (χ2v) is 2.78. The average Bonchev–Trinajstić information content (AvgIpc) is 1.83. The van der Waals surface area contributed by atoms with Crippen molar-refractivity contribution >= 4 is 24.2 Å². The van der Waals surface area contributed by atoms with E-state index in [4.69, 9.17) is 5.84 Å². The molecule has 0 fully saturated rings. The molecular weight excluding hydrogens is 182 g/mol. The fourth-order valence-electron chi connectivity index (χ4n) is 0.677. The van der Waals surface area contributed by atoms with Crippen LogP contribution in [0.2, 0.25) is 0 Å². The second kappa shape index (κ2) is 4.95. The van der Waals surface area contributed by atoms with Crippen LogP contribution < -0.4 is 16.6 Å². The van der Waals surface area contributed by atoms with Crippen molar-refractivity contribution in [1.82, 2.24) is 10.7 Å². The Kier molecular flexibility index (Phi) is 5.67. The molecule has 0 aromatic heterocycles. The first-order valence-corrected chi connectivity index (χ1v) is 3.20. The van der Waals surface area contributed by atoms with E-state index < -0.39 is 11.4 Å². The first kappa shape index (κ1) is 13.8. The smallest absolute Gasteiger partial charge is 0.259 e. The van der Waals surface area contributed by atoms with Crippen LogP contribution in [-0.2, 0) is 9.59 Å². The van der Waals surface area contributed by atoms with Crippen molar-refractivity contribution in [3.05, 3.63) is 0 Å². The summed E-state index contributed by atoms with van der Waals surface area (Å²) in [5, 5.41) is 2.44. The molecule has 0 aromatic carbocycles. The van der Waals surface area contributed by atoms with E-state index in [0.717, 1.165) is 0 Å². The number of carbonyl (C=O) groups excluding carboxylic acids is 2. The van der Waals surface area contributed by atoms with Gasteiger partial charge in [0.1, 0.15) is 5.54 Å². The van der Waals surface area contributed by atoms with Gasteiger partial charge in [-0.15, -0.1) is 12.4 Å². The first-order chi connectivity index (χ1) is 4.90. The fourth-order valence-corrected chi connectivity index (χ4v) is 0.677. The number of carbonyl (C=O) groups is 2. The van der Waals surface area contributed by atoms with Crippen molar-refractivity contribution < 1.29 is 9.59 Å². The Bertz CT molecular complexity index is 182. The molecule has 0 radical (unpaired) electrons. The highest BCUT2D eigenvalue weighted by molar-refractivity contribution is 5.89. The van der Waals surface area contributed by atoms with Crippen molar-refractivity contribution in [2.75, 3.05) is 0 Å². The third-order valence-electron chi connectivity index (χ3n) is 1.19. The zero-order valence-electron chi connectivity index (χ0n) is 7.30. The van der Waals surface area contributed by atoms with Gasteiger partial charge in [-0.1, -0.05) is 0 Å². The maximum Gasteiger partial charge on any atom is 0.259 e. The van der Waals surface area contributed by atoms with Gasteiger partial charge in [-0.05, 0) is 13.8 Å². The number of halogens is 1. The number of hydrogen-bond donors (Lipinski definition) is 3. The lowest BCUT2D eigenvalue weighted by molar-refractivity contribution is -0.131. The Labute approximate surface area is 77.4 Å². The van der Waals surface area contributed by atoms with Crippen LogP contribution in [0.5, 0.6) is 0 Å². The van der Waals surface area contributed by atoms with Gasteiger partial charge in [0.05, 0.1) is 0 Å². The SMILES string of the molecule is CC(=O)NC(C)(C)C(=O)NN.Cl. The van der Waals surface area contributed by atoms with E-state index in [9.17, 15) is 9.59 Å². The highest BCUT2D eigenvalue weighted by Gasteiger charge is 2.27. The summed E-state index contributed by atoms with van der Waals surface area (Å²) in [5.41, 5.74) is 1.01. The van der Waals surface area contributed by atoms with Crippen LogP contribution in [0.1, 0.15) is 20.8 Å². The van der Waals surface area contributed by atoms with Crippen molar-refractivity contribution in [3.63, 3.8) is 0 Å². The minimum absolute atomic E-state index is 0. The van der Waals surface area contributed by atoms with Crippen LogP contribution in [-0.4, -0.2) is 17.4 Å². The predicted molar refractivity (Wildman–Crippen MR) is 47.5 cm³/mol. The van der Waals surface area contributed by atoms with Gasteiger partial charge >= 0.3 is 0 Å². The largest absolute Gasteiger partial charge is 0.342 e. The van der Waals surface area contributed by atoms with E-state index in [0.29, 0.717) is 0 Å². The van der Waals surface area contributed by atoms with E-state index in [1.807, 2.05) is 5.43 Å². The first-order valence-electron chi connectivity index (χ1n) is 3.20. The minimum atomic E-state index is -0.944. The average molecular weight is 196 g/mol. The molecule has 0 aliphatic rings. The number of hydrogen-bond acceptors (Lipinski definition) is 3. The van der Waals surface area contributed by atoms with Crippen LogP contribution in [0.15, 0.2) is 0 Å². The monoisotopic (exact) mass is 195 g/mol. The molecule has 0 spiro atoms. The zero-order chi connectivity index (χ0) is 9.07. The Balaban J connectivity index is 0. The number of nitrogens with one attached hydrogen (secondary N) is 2. The van der Waals surface area contributed by atoms with Crippen LogP contribution in [0.3, 0.4) is 0 Å². The summed E-state index contributed by atoms with van der Waals surface area (Å²) in [7, 11) is 0. The van der Waals surface area contributed by atoms with Gasteiger partial charge < -0.3 is 5.32 Å². The molecular formula is C6H14ClN3O2. The highest BCUT2D eigenvalue weighted by Crippen LogP contribution is 1.99. The maximum absolute atomic E-state index is 10.9. The number of hydrazine groups is 1. The van der Waals surface area contributed by atoms with E-state index in [1.165, 1.54) is 6.92 Å². The van der Waals surface area contributed by atoms with Crippen LogP contribution in [0.25, 0.3) is 0 Å². The topological polar surface area (TPSA) is 84.2 Å². The van der Waals surface area contributed by atoms with E-state index in [-0.39, 0.29) is 18.3 Å². The highest BCUT2D eigenvalue weighted by atomic mass is 35.5. The molecule has 72 valence electrons. The van der Waals surface area contributed by atoms with Crippen molar-refractivity contribution in [2.45, 2.75) is 26.3 Å². The summed E-state index contributed by atoms with van der Waals surface area (Å²) < 4.78 is 0. The molecule has 0 atom stereocenters. The molecule has 0 heterocycles. The second-order valence-electron chi connectivity index (χ2n) is 2.78. The van der Waals surface area contributed by atoms with Crippen molar-refractivity contribution in [2.24, 2.45) is 5.84 Å². The lowest BCUT2D eigenvalue weighted by Crippen LogP contribution is -2.55. The molecule has 0 bridgehead atoms. The standard InChI is InChI=1S/C6H13N3O2.ClH/c1-4(10)8-6(2,3)5(11)9-7;/h7H2,1-3H3,(H,8,10)(H,9,11);1H. The quantitative estimate of drug-likeness (QED) is 0.310. The molecule has 2 amide bonds. The molecule has 5 nitrogen and oxygen atoms in total. The molecule has 0 saturated carbocycles. The maximum atomic E-state index is 10.9. The molecule has 6 heteroatoms. The number of rotatable bonds is 2. The Morgan fingerprint density at radius 1 is 1.33 bits per heavy atom.